The molecule has 0 aliphatic rings. The van der Waals surface area contributed by atoms with Crippen molar-refractivity contribution in [3.05, 3.63) is 97.2 Å². The van der Waals surface area contributed by atoms with Gasteiger partial charge in [-0.3, -0.25) is 0 Å². The number of rotatable bonds is 9. The molecule has 1 heterocycles. The molecule has 0 amide bonds. The fourth-order valence-corrected chi connectivity index (χ4v) is 7.90. The zero-order valence-corrected chi connectivity index (χ0v) is 21.5. The molecule has 4 aromatic rings. The van der Waals surface area contributed by atoms with Crippen molar-refractivity contribution in [2.24, 2.45) is 4.99 Å². The third kappa shape index (κ3) is 7.46. The fourth-order valence-electron chi connectivity index (χ4n) is 2.81. The van der Waals surface area contributed by atoms with Crippen molar-refractivity contribution in [2.45, 2.75) is 30.0 Å². The van der Waals surface area contributed by atoms with Crippen LogP contribution in [0.25, 0.3) is 0 Å². The van der Waals surface area contributed by atoms with Crippen LogP contribution in [0.5, 0.6) is 0 Å². The Balaban J connectivity index is 1.61. The van der Waals surface area contributed by atoms with E-state index in [0.717, 1.165) is 20.8 Å². The summed E-state index contributed by atoms with van der Waals surface area (Å²) >= 11 is 8.84. The quantitative estimate of drug-likeness (QED) is 0.0968. The molecule has 4 rings (SSSR count). The summed E-state index contributed by atoms with van der Waals surface area (Å²) in [6.07, 6.45) is 4.78. The van der Waals surface area contributed by atoms with Crippen LogP contribution in [0.3, 0.4) is 0 Å². The summed E-state index contributed by atoms with van der Waals surface area (Å²) in [6.45, 7) is 0. The second-order valence-corrected chi connectivity index (χ2v) is 12.6. The van der Waals surface area contributed by atoms with Gasteiger partial charge in [0, 0.05) is 21.1 Å². The van der Waals surface area contributed by atoms with Gasteiger partial charge in [-0.15, -0.1) is 23.5 Å². The molecule has 0 N–H and O–H groups in total. The lowest BCUT2D eigenvalue weighted by atomic mass is 10.4. The van der Waals surface area contributed by atoms with E-state index in [0.29, 0.717) is 4.58 Å². The lowest BCUT2D eigenvalue weighted by Crippen LogP contribution is -2.05. The van der Waals surface area contributed by atoms with E-state index in [9.17, 15) is 0 Å². The van der Waals surface area contributed by atoms with Crippen molar-refractivity contribution >= 4 is 68.4 Å². The lowest BCUT2D eigenvalue weighted by Gasteiger charge is -2.17. The largest absolute Gasteiger partial charge is 0.236 e. The molecule has 0 saturated carbocycles. The molecule has 162 valence electrons. The zero-order valence-electron chi connectivity index (χ0n) is 17.5. The van der Waals surface area contributed by atoms with Gasteiger partial charge >= 0.3 is 0 Å². The second-order valence-electron chi connectivity index (χ2n) is 6.58. The minimum absolute atomic E-state index is 0.294. The zero-order chi connectivity index (χ0) is 22.0. The first-order valence-electron chi connectivity index (χ1n) is 10.0. The van der Waals surface area contributed by atoms with E-state index in [-0.39, 0.29) is 0 Å². The summed E-state index contributed by atoms with van der Waals surface area (Å²) in [5.74, 6) is 0. The van der Waals surface area contributed by atoms with E-state index in [4.69, 9.17) is 4.99 Å². The first-order chi connectivity index (χ1) is 15.8. The number of nitrogens with zero attached hydrogens (tertiary/aromatic N) is 2. The van der Waals surface area contributed by atoms with Crippen LogP contribution < -0.4 is 0 Å². The molecule has 1 aromatic heterocycles. The minimum Gasteiger partial charge on any atom is -0.236 e. The minimum atomic E-state index is 0.294. The highest BCUT2D eigenvalue weighted by Gasteiger charge is 2.18. The van der Waals surface area contributed by atoms with Gasteiger partial charge in [0.2, 0.25) is 0 Å². The van der Waals surface area contributed by atoms with Crippen LogP contribution in [0.4, 0.5) is 5.00 Å². The second kappa shape index (κ2) is 12.6. The average Bonchev–Trinajstić information content (AvgIpc) is 3.28. The predicted molar refractivity (Wildman–Crippen MR) is 146 cm³/mol. The number of hydrogen-bond donors (Lipinski definition) is 0. The molecule has 0 atom stereocenters. The summed E-state index contributed by atoms with van der Waals surface area (Å²) in [7, 11) is 0. The van der Waals surface area contributed by atoms with Crippen LogP contribution in [0.1, 0.15) is 6.42 Å². The van der Waals surface area contributed by atoms with Gasteiger partial charge in [-0.25, -0.2) is 9.98 Å². The van der Waals surface area contributed by atoms with Gasteiger partial charge in [0.1, 0.15) is 5.00 Å². The highest BCUT2D eigenvalue weighted by atomic mass is 32.2. The van der Waals surface area contributed by atoms with Crippen molar-refractivity contribution in [3.8, 4) is 0 Å². The summed E-state index contributed by atoms with van der Waals surface area (Å²) in [5.41, 5.74) is 0. The van der Waals surface area contributed by atoms with Gasteiger partial charge in [0.15, 0.2) is 4.34 Å². The monoisotopic (exact) mass is 510 g/mol. The SMILES string of the molecule is CSc1ncc(N=C(CC(Sc2ccccc2)Sc2ccccc2)Sc2ccccc2)s1. The standard InChI is InChI=1S/C25H22N2S5/c1-28-25-26-18-23(32-25)27-22(29-19-11-5-2-6-12-19)17-24(30-20-13-7-3-8-14-20)31-21-15-9-4-10-16-21/h2-16,18,24H,17H2,1H3. The summed E-state index contributed by atoms with van der Waals surface area (Å²) in [4.78, 5) is 13.2. The van der Waals surface area contributed by atoms with Crippen molar-refractivity contribution in [1.82, 2.24) is 4.98 Å². The Kier molecular flexibility index (Phi) is 9.23. The van der Waals surface area contributed by atoms with E-state index >= 15 is 0 Å². The Morgan fingerprint density at radius 3 is 1.84 bits per heavy atom. The number of benzene rings is 3. The first-order valence-corrected chi connectivity index (χ1v) is 14.6. The lowest BCUT2D eigenvalue weighted by molar-refractivity contribution is 1.23. The number of aromatic nitrogens is 1. The number of thioether (sulfide) groups is 4. The molecule has 0 bridgehead atoms. The van der Waals surface area contributed by atoms with Gasteiger partial charge in [0.05, 0.1) is 15.8 Å². The van der Waals surface area contributed by atoms with Gasteiger partial charge in [-0.1, -0.05) is 89.5 Å². The van der Waals surface area contributed by atoms with E-state index in [1.807, 2.05) is 35.8 Å². The van der Waals surface area contributed by atoms with E-state index < -0.39 is 0 Å². The predicted octanol–water partition coefficient (Wildman–Crippen LogP) is 8.99. The Morgan fingerprint density at radius 2 is 1.34 bits per heavy atom. The highest BCUT2D eigenvalue weighted by molar-refractivity contribution is 8.17. The first kappa shape index (κ1) is 23.5. The van der Waals surface area contributed by atoms with Gasteiger partial charge in [-0.2, -0.15) is 0 Å². The van der Waals surface area contributed by atoms with Crippen LogP contribution in [0, 0.1) is 0 Å². The van der Waals surface area contributed by atoms with Crippen LogP contribution in [-0.4, -0.2) is 20.9 Å². The van der Waals surface area contributed by atoms with E-state index in [1.54, 1.807) is 34.9 Å². The van der Waals surface area contributed by atoms with Gasteiger partial charge in [0.25, 0.3) is 0 Å². The maximum atomic E-state index is 5.04. The Labute approximate surface area is 210 Å². The highest BCUT2D eigenvalue weighted by Crippen LogP contribution is 2.40. The Hall–Kier alpha value is -1.64. The summed E-state index contributed by atoms with van der Waals surface area (Å²) in [6, 6.07) is 31.7. The van der Waals surface area contributed by atoms with Crippen LogP contribution in [0.2, 0.25) is 0 Å². The van der Waals surface area contributed by atoms with Crippen LogP contribution in [-0.2, 0) is 0 Å². The van der Waals surface area contributed by atoms with Crippen molar-refractivity contribution in [3.63, 3.8) is 0 Å². The molecular formula is C25H22N2S5. The van der Waals surface area contributed by atoms with Crippen LogP contribution >= 0.6 is 58.4 Å². The molecule has 7 heteroatoms. The molecule has 0 spiro atoms. The Bertz CT molecular complexity index is 1070. The molecule has 0 fully saturated rings. The normalized spacial score (nSPS) is 11.8. The Morgan fingerprint density at radius 1 is 0.812 bits per heavy atom. The number of aliphatic imine (C=N–C) groups is 1. The third-order valence-electron chi connectivity index (χ3n) is 4.22. The maximum absolute atomic E-state index is 5.04. The summed E-state index contributed by atoms with van der Waals surface area (Å²) < 4.78 is 1.34. The molecule has 3 aromatic carbocycles. The average molecular weight is 511 g/mol. The third-order valence-corrected chi connectivity index (χ3v) is 9.64. The molecule has 32 heavy (non-hydrogen) atoms. The molecule has 2 nitrogen and oxygen atoms in total. The number of hydrogen-bond acceptors (Lipinski definition) is 7. The molecule has 0 unspecified atom stereocenters. The summed E-state index contributed by atoms with van der Waals surface area (Å²) in [5, 5.41) is 2.06. The molecular weight excluding hydrogens is 489 g/mol. The molecule has 0 aliphatic carbocycles. The van der Waals surface area contributed by atoms with Gasteiger partial charge in [-0.05, 0) is 42.7 Å². The maximum Gasteiger partial charge on any atom is 0.151 e. The topological polar surface area (TPSA) is 25.2 Å². The van der Waals surface area contributed by atoms with E-state index in [1.165, 1.54) is 14.7 Å². The van der Waals surface area contributed by atoms with Crippen molar-refractivity contribution < 1.29 is 0 Å². The fraction of sp³-hybridized carbons (Fsp3) is 0.120. The van der Waals surface area contributed by atoms with Crippen molar-refractivity contribution in [1.29, 1.82) is 0 Å². The smallest absolute Gasteiger partial charge is 0.151 e. The van der Waals surface area contributed by atoms with Gasteiger partial charge < -0.3 is 0 Å². The van der Waals surface area contributed by atoms with Crippen molar-refractivity contribution in [2.75, 3.05) is 6.26 Å². The van der Waals surface area contributed by atoms with Crippen LogP contribution in [0.15, 0.2) is 121 Å². The number of thiazole rings is 1. The molecule has 0 saturated heterocycles. The molecule has 0 radical (unpaired) electrons. The molecule has 0 aliphatic heterocycles. The van der Waals surface area contributed by atoms with E-state index in [2.05, 4.69) is 96.2 Å².